The molecule has 0 bridgehead atoms. The summed E-state index contributed by atoms with van der Waals surface area (Å²) in [6.07, 6.45) is 13.5. The van der Waals surface area contributed by atoms with Gasteiger partial charge in [0.2, 0.25) is 0 Å². The van der Waals surface area contributed by atoms with Crippen molar-refractivity contribution in [3.63, 3.8) is 0 Å². The van der Waals surface area contributed by atoms with Gasteiger partial charge in [-0.2, -0.15) is 5.10 Å². The van der Waals surface area contributed by atoms with Gasteiger partial charge in [0.25, 0.3) is 0 Å². The van der Waals surface area contributed by atoms with Crippen LogP contribution in [0.4, 0.5) is 0 Å². The molecular weight excluding hydrogens is 184 g/mol. The Bertz CT molecular complexity index is 406. The van der Waals surface area contributed by atoms with Crippen LogP contribution in [0.5, 0.6) is 0 Å². The molecule has 1 rings (SSSR count). The van der Waals surface area contributed by atoms with E-state index in [9.17, 15) is 0 Å². The van der Waals surface area contributed by atoms with Crippen molar-refractivity contribution in [3.8, 4) is 0 Å². The third-order valence-corrected chi connectivity index (χ3v) is 1.91. The number of hydrogen-bond donors (Lipinski definition) is 0. The van der Waals surface area contributed by atoms with Crippen LogP contribution in [-0.2, 0) is 0 Å². The number of aromatic nitrogens is 2. The zero-order valence-corrected chi connectivity index (χ0v) is 9.22. The molecule has 0 spiro atoms. The number of nitrogens with zero attached hydrogens (tertiary/aromatic N) is 2. The molecule has 0 fully saturated rings. The van der Waals surface area contributed by atoms with Gasteiger partial charge in [-0.05, 0) is 32.1 Å². The highest BCUT2D eigenvalue weighted by Gasteiger charge is 1.97. The summed E-state index contributed by atoms with van der Waals surface area (Å²) in [4.78, 5) is 0. The topological polar surface area (TPSA) is 17.8 Å². The van der Waals surface area contributed by atoms with Gasteiger partial charge in [-0.3, -0.25) is 0 Å². The number of rotatable bonds is 4. The van der Waals surface area contributed by atoms with Gasteiger partial charge in [0.05, 0.1) is 11.4 Å². The van der Waals surface area contributed by atoms with E-state index < -0.39 is 0 Å². The molecule has 0 aliphatic heterocycles. The molecule has 0 saturated carbocycles. The summed E-state index contributed by atoms with van der Waals surface area (Å²) in [5.41, 5.74) is 1.99. The Hall–Kier alpha value is -1.83. The Morgan fingerprint density at radius 2 is 2.27 bits per heavy atom. The summed E-state index contributed by atoms with van der Waals surface area (Å²) < 4.78 is 1.84. The minimum Gasteiger partial charge on any atom is -0.241 e. The van der Waals surface area contributed by atoms with Gasteiger partial charge < -0.3 is 0 Å². The molecule has 0 unspecified atom stereocenters. The largest absolute Gasteiger partial charge is 0.241 e. The van der Waals surface area contributed by atoms with E-state index in [2.05, 4.69) is 11.7 Å². The van der Waals surface area contributed by atoms with Crippen LogP contribution < -0.4 is 0 Å². The molecule has 0 saturated heterocycles. The average Bonchev–Trinajstić information content (AvgIpc) is 2.68. The molecule has 0 aromatic carbocycles. The Morgan fingerprint density at radius 3 is 2.87 bits per heavy atom. The van der Waals surface area contributed by atoms with E-state index in [0.29, 0.717) is 0 Å². The second-order valence-corrected chi connectivity index (χ2v) is 2.99. The SMILES string of the molecule is C=C/C=C\C(=C/C)n1ccc(/C=C/C)n1. The van der Waals surface area contributed by atoms with Crippen molar-refractivity contribution in [2.24, 2.45) is 0 Å². The van der Waals surface area contributed by atoms with Crippen LogP contribution in [0.2, 0.25) is 0 Å². The van der Waals surface area contributed by atoms with Crippen LogP contribution >= 0.6 is 0 Å². The van der Waals surface area contributed by atoms with Crippen molar-refractivity contribution < 1.29 is 0 Å². The molecular formula is C13H16N2. The molecule has 78 valence electrons. The standard InChI is InChI=1S/C13H16N2/c1-4-7-9-13(6-3)15-11-10-12(14-15)8-5-2/h4-11H,1H2,2-3H3/b8-5+,9-7-,13-6+. The molecule has 2 heteroatoms. The third kappa shape index (κ3) is 3.09. The van der Waals surface area contributed by atoms with E-state index in [1.807, 2.05) is 61.2 Å². The molecule has 0 amide bonds. The maximum absolute atomic E-state index is 4.40. The van der Waals surface area contributed by atoms with Crippen molar-refractivity contribution in [2.75, 3.05) is 0 Å². The fraction of sp³-hybridized carbons (Fsp3) is 0.154. The first kappa shape index (κ1) is 11.2. The van der Waals surface area contributed by atoms with E-state index in [4.69, 9.17) is 0 Å². The first-order chi connectivity index (χ1) is 7.31. The Kier molecular flexibility index (Phi) is 4.35. The molecule has 0 aliphatic rings. The van der Waals surface area contributed by atoms with E-state index in [-0.39, 0.29) is 0 Å². The van der Waals surface area contributed by atoms with Gasteiger partial charge in [-0.1, -0.05) is 30.9 Å². The highest BCUT2D eigenvalue weighted by atomic mass is 15.3. The van der Waals surface area contributed by atoms with Crippen LogP contribution in [0, 0.1) is 0 Å². The molecule has 15 heavy (non-hydrogen) atoms. The molecule has 1 aromatic heterocycles. The third-order valence-electron chi connectivity index (χ3n) is 1.91. The molecule has 0 radical (unpaired) electrons. The Labute approximate surface area is 90.9 Å². The monoisotopic (exact) mass is 200 g/mol. The molecule has 1 aromatic rings. The summed E-state index contributed by atoms with van der Waals surface area (Å²) in [6, 6.07) is 1.98. The smallest absolute Gasteiger partial charge is 0.0852 e. The van der Waals surface area contributed by atoms with Gasteiger partial charge in [-0.15, -0.1) is 0 Å². The average molecular weight is 200 g/mol. The maximum atomic E-state index is 4.40. The lowest BCUT2D eigenvalue weighted by Crippen LogP contribution is -1.94. The minimum absolute atomic E-state index is 0.962. The van der Waals surface area contributed by atoms with Crippen molar-refractivity contribution in [2.45, 2.75) is 13.8 Å². The number of allylic oxidation sites excluding steroid dienone is 6. The van der Waals surface area contributed by atoms with Crippen molar-refractivity contribution in [3.05, 3.63) is 54.9 Å². The van der Waals surface area contributed by atoms with Gasteiger partial charge >= 0.3 is 0 Å². The molecule has 0 atom stereocenters. The predicted octanol–water partition coefficient (Wildman–Crippen LogP) is 3.52. The van der Waals surface area contributed by atoms with Crippen LogP contribution in [0.15, 0.2) is 49.2 Å². The quantitative estimate of drug-likeness (QED) is 0.680. The summed E-state index contributed by atoms with van der Waals surface area (Å²) in [6.45, 7) is 7.61. The van der Waals surface area contributed by atoms with Gasteiger partial charge in [0, 0.05) is 6.20 Å². The van der Waals surface area contributed by atoms with Crippen LogP contribution in [-0.4, -0.2) is 9.78 Å². The van der Waals surface area contributed by atoms with Gasteiger partial charge in [0.15, 0.2) is 0 Å². The predicted molar refractivity (Wildman–Crippen MR) is 66.2 cm³/mol. The van der Waals surface area contributed by atoms with Crippen molar-refractivity contribution >= 4 is 11.8 Å². The van der Waals surface area contributed by atoms with Crippen LogP contribution in [0.1, 0.15) is 19.5 Å². The fourth-order valence-corrected chi connectivity index (χ4v) is 1.21. The Morgan fingerprint density at radius 1 is 1.47 bits per heavy atom. The molecule has 0 aliphatic carbocycles. The zero-order valence-electron chi connectivity index (χ0n) is 9.22. The lowest BCUT2D eigenvalue weighted by molar-refractivity contribution is 0.903. The lowest BCUT2D eigenvalue weighted by Gasteiger charge is -1.99. The van der Waals surface area contributed by atoms with E-state index in [1.54, 1.807) is 6.08 Å². The van der Waals surface area contributed by atoms with Gasteiger partial charge in [0.1, 0.15) is 0 Å². The Balaban J connectivity index is 2.93. The lowest BCUT2D eigenvalue weighted by atomic mass is 10.3. The van der Waals surface area contributed by atoms with E-state index >= 15 is 0 Å². The number of hydrogen-bond acceptors (Lipinski definition) is 1. The second kappa shape index (κ2) is 5.81. The van der Waals surface area contributed by atoms with E-state index in [0.717, 1.165) is 11.4 Å². The molecule has 1 heterocycles. The van der Waals surface area contributed by atoms with E-state index in [1.165, 1.54) is 0 Å². The minimum atomic E-state index is 0.962. The highest BCUT2D eigenvalue weighted by Crippen LogP contribution is 2.07. The van der Waals surface area contributed by atoms with Crippen LogP contribution in [0.3, 0.4) is 0 Å². The highest BCUT2D eigenvalue weighted by molar-refractivity contribution is 5.57. The first-order valence-electron chi connectivity index (χ1n) is 4.96. The fourth-order valence-electron chi connectivity index (χ4n) is 1.21. The maximum Gasteiger partial charge on any atom is 0.0852 e. The molecule has 2 nitrogen and oxygen atoms in total. The van der Waals surface area contributed by atoms with Crippen LogP contribution in [0.25, 0.3) is 11.8 Å². The second-order valence-electron chi connectivity index (χ2n) is 2.99. The zero-order chi connectivity index (χ0) is 11.1. The summed E-state index contributed by atoms with van der Waals surface area (Å²) in [5.74, 6) is 0. The van der Waals surface area contributed by atoms with Crippen molar-refractivity contribution in [1.29, 1.82) is 0 Å². The first-order valence-corrected chi connectivity index (χ1v) is 4.96. The molecule has 0 N–H and O–H groups in total. The van der Waals surface area contributed by atoms with Gasteiger partial charge in [-0.25, -0.2) is 4.68 Å². The summed E-state index contributed by atoms with van der Waals surface area (Å²) in [7, 11) is 0. The van der Waals surface area contributed by atoms with Crippen molar-refractivity contribution in [1.82, 2.24) is 9.78 Å². The normalized spacial score (nSPS) is 12.8. The summed E-state index contributed by atoms with van der Waals surface area (Å²) in [5, 5.41) is 4.40. The summed E-state index contributed by atoms with van der Waals surface area (Å²) >= 11 is 0.